The van der Waals surface area contributed by atoms with E-state index in [0.29, 0.717) is 16.5 Å². The van der Waals surface area contributed by atoms with Gasteiger partial charge in [0.2, 0.25) is 21.8 Å². The Morgan fingerprint density at radius 1 is 1.11 bits per heavy atom. The van der Waals surface area contributed by atoms with E-state index in [9.17, 15) is 18.0 Å². The molecule has 1 atom stereocenters. The van der Waals surface area contributed by atoms with E-state index in [-0.39, 0.29) is 48.8 Å². The summed E-state index contributed by atoms with van der Waals surface area (Å²) in [5, 5.41) is 3.86. The second-order valence-electron chi connectivity index (χ2n) is 9.54. The van der Waals surface area contributed by atoms with E-state index in [1.807, 2.05) is 12.1 Å². The zero-order valence-electron chi connectivity index (χ0n) is 22.0. The second-order valence-corrected chi connectivity index (χ2v) is 12.3. The Balaban J connectivity index is 1.74. The zero-order chi connectivity index (χ0) is 27.9. The van der Waals surface area contributed by atoms with Crippen molar-refractivity contribution in [3.8, 4) is 5.75 Å². The highest BCUT2D eigenvalue weighted by Crippen LogP contribution is 2.30. The third-order valence-corrected chi connectivity index (χ3v) is 8.60. The number of nitrogens with one attached hydrogen (secondary N) is 1. The van der Waals surface area contributed by atoms with Gasteiger partial charge in [-0.2, -0.15) is 0 Å². The Bertz CT molecular complexity index is 1230. The average Bonchev–Trinajstić information content (AvgIpc) is 3.38. The van der Waals surface area contributed by atoms with E-state index >= 15 is 0 Å². The summed E-state index contributed by atoms with van der Waals surface area (Å²) >= 11 is 12.6. The average molecular weight is 585 g/mol. The molecule has 8 nitrogen and oxygen atoms in total. The molecule has 1 saturated carbocycles. The van der Waals surface area contributed by atoms with Gasteiger partial charge in [0.25, 0.3) is 0 Å². The van der Waals surface area contributed by atoms with Crippen LogP contribution >= 0.6 is 23.2 Å². The molecular weight excluding hydrogens is 549 g/mol. The Labute approximate surface area is 235 Å². The molecule has 0 aliphatic heterocycles. The van der Waals surface area contributed by atoms with Crippen LogP contribution in [0.5, 0.6) is 5.75 Å². The lowest BCUT2D eigenvalue weighted by Gasteiger charge is -2.30. The Hall–Kier alpha value is -2.49. The molecule has 38 heavy (non-hydrogen) atoms. The molecule has 2 amide bonds. The second kappa shape index (κ2) is 13.5. The molecule has 0 heterocycles. The third kappa shape index (κ3) is 8.01. The first-order chi connectivity index (χ1) is 18.0. The Morgan fingerprint density at radius 3 is 2.39 bits per heavy atom. The molecule has 0 bridgehead atoms. The molecular formula is C27H35Cl2N3O5S. The van der Waals surface area contributed by atoms with Crippen molar-refractivity contribution < 1.29 is 22.7 Å². The van der Waals surface area contributed by atoms with Crippen LogP contribution in [0.25, 0.3) is 0 Å². The van der Waals surface area contributed by atoms with Gasteiger partial charge in [0.05, 0.1) is 24.1 Å². The largest absolute Gasteiger partial charge is 0.495 e. The Morgan fingerprint density at radius 2 is 1.79 bits per heavy atom. The van der Waals surface area contributed by atoms with E-state index in [4.69, 9.17) is 27.9 Å². The lowest BCUT2D eigenvalue weighted by atomic mass is 10.1. The fraction of sp³-hybridized carbons (Fsp3) is 0.481. The van der Waals surface area contributed by atoms with E-state index in [1.165, 1.54) is 22.4 Å². The number of hydrogen-bond acceptors (Lipinski definition) is 5. The molecule has 0 spiro atoms. The number of rotatable bonds is 12. The first-order valence-electron chi connectivity index (χ1n) is 12.7. The van der Waals surface area contributed by atoms with Crippen LogP contribution in [-0.4, -0.2) is 57.1 Å². The van der Waals surface area contributed by atoms with E-state index in [0.717, 1.165) is 37.5 Å². The van der Waals surface area contributed by atoms with Gasteiger partial charge < -0.3 is 15.0 Å². The highest BCUT2D eigenvalue weighted by Gasteiger charge is 2.29. The molecule has 0 aromatic heterocycles. The smallest absolute Gasteiger partial charge is 0.242 e. The molecule has 1 N–H and O–H groups in total. The molecule has 1 fully saturated rings. The fourth-order valence-corrected chi connectivity index (χ4v) is 6.00. The van der Waals surface area contributed by atoms with Crippen LogP contribution in [-0.2, 0) is 26.2 Å². The summed E-state index contributed by atoms with van der Waals surface area (Å²) in [6, 6.07) is 11.3. The van der Waals surface area contributed by atoms with E-state index < -0.39 is 16.1 Å². The summed E-state index contributed by atoms with van der Waals surface area (Å²) in [6.45, 7) is 1.94. The summed E-state index contributed by atoms with van der Waals surface area (Å²) in [4.78, 5) is 28.0. The number of carbonyl (C=O) groups excluding carboxylic acids is 2. The molecule has 0 radical (unpaired) electrons. The lowest BCUT2D eigenvalue weighted by Crippen LogP contribution is -2.49. The minimum atomic E-state index is -3.64. The first-order valence-corrected chi connectivity index (χ1v) is 15.3. The monoisotopic (exact) mass is 583 g/mol. The van der Waals surface area contributed by atoms with Gasteiger partial charge in [-0.05, 0) is 56.0 Å². The number of nitrogens with zero attached hydrogens (tertiary/aromatic N) is 2. The minimum absolute atomic E-state index is 0.0431. The number of benzene rings is 2. The van der Waals surface area contributed by atoms with Crippen LogP contribution in [0.3, 0.4) is 0 Å². The Kier molecular flexibility index (Phi) is 10.7. The summed E-state index contributed by atoms with van der Waals surface area (Å²) in [5.74, 6) is -0.0396. The molecule has 2 aromatic carbocycles. The van der Waals surface area contributed by atoms with E-state index in [2.05, 4.69) is 5.32 Å². The lowest BCUT2D eigenvalue weighted by molar-refractivity contribution is -0.140. The molecule has 0 saturated heterocycles. The van der Waals surface area contributed by atoms with Gasteiger partial charge in [0.1, 0.15) is 11.8 Å². The van der Waals surface area contributed by atoms with Crippen molar-refractivity contribution in [2.24, 2.45) is 0 Å². The first kappa shape index (κ1) is 30.1. The van der Waals surface area contributed by atoms with Crippen LogP contribution in [0.1, 0.15) is 51.0 Å². The molecule has 208 valence electrons. The maximum Gasteiger partial charge on any atom is 0.242 e. The molecule has 1 aliphatic carbocycles. The predicted octanol–water partition coefficient (Wildman–Crippen LogP) is 5.02. The highest BCUT2D eigenvalue weighted by molar-refractivity contribution is 7.92. The van der Waals surface area contributed by atoms with Crippen LogP contribution in [0.4, 0.5) is 5.69 Å². The number of halogens is 2. The van der Waals surface area contributed by atoms with Gasteiger partial charge >= 0.3 is 0 Å². The number of methoxy groups -OCH3 is 1. The summed E-state index contributed by atoms with van der Waals surface area (Å²) < 4.78 is 31.4. The SMILES string of the molecule is COc1ccc(N(CCCC(=O)N(Cc2ccccc2Cl)[C@H](C)C(=O)NC2CCCC2)S(C)(=O)=O)cc1Cl. The van der Waals surface area contributed by atoms with Crippen molar-refractivity contribution in [3.63, 3.8) is 0 Å². The van der Waals surface area contributed by atoms with E-state index in [1.54, 1.807) is 31.2 Å². The number of ether oxygens (including phenoxy) is 1. The number of carbonyl (C=O) groups is 2. The van der Waals surface area contributed by atoms with Gasteiger partial charge in [-0.1, -0.05) is 54.2 Å². The third-order valence-electron chi connectivity index (χ3n) is 6.74. The number of amides is 2. The van der Waals surface area contributed by atoms with Gasteiger partial charge in [-0.25, -0.2) is 8.42 Å². The van der Waals surface area contributed by atoms with Crippen LogP contribution in [0.2, 0.25) is 10.0 Å². The van der Waals surface area contributed by atoms with Gasteiger partial charge in [0, 0.05) is 30.6 Å². The van der Waals surface area contributed by atoms with Crippen molar-refractivity contribution in [3.05, 3.63) is 58.1 Å². The summed E-state index contributed by atoms with van der Waals surface area (Å²) in [7, 11) is -2.17. The number of anilines is 1. The van der Waals surface area contributed by atoms with Crippen LogP contribution in [0.15, 0.2) is 42.5 Å². The summed E-state index contributed by atoms with van der Waals surface area (Å²) in [5.41, 5.74) is 1.11. The minimum Gasteiger partial charge on any atom is -0.495 e. The number of sulfonamides is 1. The topological polar surface area (TPSA) is 96.0 Å². The van der Waals surface area contributed by atoms with Crippen LogP contribution < -0.4 is 14.4 Å². The molecule has 2 aromatic rings. The van der Waals surface area contributed by atoms with Gasteiger partial charge in [-0.15, -0.1) is 0 Å². The maximum absolute atomic E-state index is 13.4. The fourth-order valence-electron chi connectivity index (χ4n) is 4.60. The predicted molar refractivity (Wildman–Crippen MR) is 151 cm³/mol. The molecule has 11 heteroatoms. The van der Waals surface area contributed by atoms with Gasteiger partial charge in [-0.3, -0.25) is 13.9 Å². The molecule has 3 rings (SSSR count). The van der Waals surface area contributed by atoms with Crippen molar-refractivity contribution in [1.29, 1.82) is 0 Å². The van der Waals surface area contributed by atoms with Crippen molar-refractivity contribution in [2.75, 3.05) is 24.2 Å². The normalized spacial score (nSPS) is 14.7. The van der Waals surface area contributed by atoms with Crippen LogP contribution in [0, 0.1) is 0 Å². The van der Waals surface area contributed by atoms with Crippen molar-refractivity contribution >= 4 is 50.7 Å². The number of hydrogen-bond donors (Lipinski definition) is 1. The summed E-state index contributed by atoms with van der Waals surface area (Å²) in [6.07, 6.45) is 5.43. The highest BCUT2D eigenvalue weighted by atomic mass is 35.5. The standard InChI is InChI=1S/C27H35Cl2N3O5S/c1-19(27(34)30-21-10-5-6-11-21)31(18-20-9-4-7-12-23(20)28)26(33)13-8-16-32(38(3,35)36)22-14-15-25(37-2)24(29)17-22/h4,7,9,12,14-15,17,19,21H,5-6,8,10-11,13,16,18H2,1-3H3,(H,30,34)/t19-/m1/s1. The van der Waals surface area contributed by atoms with Crippen molar-refractivity contribution in [2.45, 2.75) is 64.1 Å². The maximum atomic E-state index is 13.4. The quantitative estimate of drug-likeness (QED) is 0.378. The van der Waals surface area contributed by atoms with Crippen molar-refractivity contribution in [1.82, 2.24) is 10.2 Å². The molecule has 1 aliphatic rings. The van der Waals surface area contributed by atoms with Gasteiger partial charge in [0.15, 0.2) is 0 Å². The zero-order valence-corrected chi connectivity index (χ0v) is 24.3. The molecule has 0 unspecified atom stereocenters.